The number of hydrogen-bond donors (Lipinski definition) is 1. The second-order valence-corrected chi connectivity index (χ2v) is 7.70. The zero-order valence-electron chi connectivity index (χ0n) is 17.1. The van der Waals surface area contributed by atoms with Crippen LogP contribution >= 0.6 is 11.6 Å². The summed E-state index contributed by atoms with van der Waals surface area (Å²) in [7, 11) is 0. The summed E-state index contributed by atoms with van der Waals surface area (Å²) >= 11 is 6.51. The minimum absolute atomic E-state index is 0.153. The van der Waals surface area contributed by atoms with E-state index in [4.69, 9.17) is 11.6 Å². The second-order valence-electron chi connectivity index (χ2n) is 7.29. The molecular formula is C23H28ClN3O2. The predicted molar refractivity (Wildman–Crippen MR) is 119 cm³/mol. The molecular weight excluding hydrogens is 386 g/mol. The molecule has 0 bridgehead atoms. The Morgan fingerprint density at radius 2 is 1.69 bits per heavy atom. The van der Waals surface area contributed by atoms with E-state index in [9.17, 15) is 9.59 Å². The summed E-state index contributed by atoms with van der Waals surface area (Å²) in [6.45, 7) is 7.04. The maximum absolute atomic E-state index is 12.5. The van der Waals surface area contributed by atoms with Gasteiger partial charge in [-0.15, -0.1) is 0 Å². The lowest BCUT2D eigenvalue weighted by atomic mass is 10.1. The normalized spacial score (nSPS) is 14.0. The molecule has 2 amide bonds. The molecule has 2 aromatic rings. The third kappa shape index (κ3) is 5.30. The first-order valence-corrected chi connectivity index (χ1v) is 10.6. The van der Waals surface area contributed by atoms with Crippen LogP contribution in [-0.4, -0.2) is 42.9 Å². The van der Waals surface area contributed by atoms with Crippen molar-refractivity contribution in [3.8, 4) is 0 Å². The number of carbonyl (C=O) groups excluding carboxylic acids is 2. The quantitative estimate of drug-likeness (QED) is 0.752. The highest BCUT2D eigenvalue weighted by atomic mass is 35.5. The third-order valence-electron chi connectivity index (χ3n) is 5.27. The highest BCUT2D eigenvalue weighted by molar-refractivity contribution is 6.33. The number of amides is 2. The summed E-state index contributed by atoms with van der Waals surface area (Å²) in [6.07, 6.45) is 2.43. The highest BCUT2D eigenvalue weighted by Crippen LogP contribution is 2.30. The van der Waals surface area contributed by atoms with E-state index in [1.165, 1.54) is 5.56 Å². The SMILES string of the molecule is CCCC(=O)N1CCN(c2ccc(NC(=O)c3ccc(CC)cc3)cc2Cl)CC1. The Hall–Kier alpha value is -2.53. The van der Waals surface area contributed by atoms with E-state index >= 15 is 0 Å². The van der Waals surface area contributed by atoms with Crippen LogP contribution in [0.5, 0.6) is 0 Å². The lowest BCUT2D eigenvalue weighted by Gasteiger charge is -2.36. The molecule has 0 saturated carbocycles. The number of aryl methyl sites for hydroxylation is 1. The van der Waals surface area contributed by atoms with Crippen LogP contribution in [0.3, 0.4) is 0 Å². The van der Waals surface area contributed by atoms with Gasteiger partial charge < -0.3 is 15.1 Å². The Labute approximate surface area is 177 Å². The van der Waals surface area contributed by atoms with Gasteiger partial charge >= 0.3 is 0 Å². The standard InChI is InChI=1S/C23H28ClN3O2/c1-3-5-22(28)27-14-12-26(13-15-27)21-11-10-19(16-20(21)24)25-23(29)18-8-6-17(4-2)7-9-18/h6-11,16H,3-5,12-15H2,1-2H3,(H,25,29). The van der Waals surface area contributed by atoms with Crippen molar-refractivity contribution < 1.29 is 9.59 Å². The van der Waals surface area contributed by atoms with E-state index in [1.807, 2.05) is 48.2 Å². The highest BCUT2D eigenvalue weighted by Gasteiger charge is 2.22. The van der Waals surface area contributed by atoms with Crippen LogP contribution in [0.1, 0.15) is 42.6 Å². The number of nitrogens with zero attached hydrogens (tertiary/aromatic N) is 2. The zero-order chi connectivity index (χ0) is 20.8. The molecule has 154 valence electrons. The number of carbonyl (C=O) groups is 2. The van der Waals surface area contributed by atoms with Crippen LogP contribution in [0.2, 0.25) is 5.02 Å². The van der Waals surface area contributed by atoms with Crippen molar-refractivity contribution in [2.75, 3.05) is 36.4 Å². The summed E-state index contributed by atoms with van der Waals surface area (Å²) < 4.78 is 0. The Kier molecular flexibility index (Phi) is 7.15. The minimum Gasteiger partial charge on any atom is -0.367 e. The minimum atomic E-state index is -0.153. The van der Waals surface area contributed by atoms with Gasteiger partial charge in [-0.05, 0) is 48.7 Å². The van der Waals surface area contributed by atoms with Crippen molar-refractivity contribution in [1.82, 2.24) is 4.90 Å². The molecule has 1 saturated heterocycles. The second kappa shape index (κ2) is 9.79. The maximum atomic E-state index is 12.5. The van der Waals surface area contributed by atoms with Crippen LogP contribution in [0.25, 0.3) is 0 Å². The molecule has 0 atom stereocenters. The molecule has 0 aliphatic carbocycles. The molecule has 1 aliphatic heterocycles. The van der Waals surface area contributed by atoms with Gasteiger partial charge in [-0.3, -0.25) is 9.59 Å². The van der Waals surface area contributed by atoms with Crippen molar-refractivity contribution in [3.05, 3.63) is 58.6 Å². The molecule has 1 N–H and O–H groups in total. The number of benzene rings is 2. The first-order valence-electron chi connectivity index (χ1n) is 10.2. The van der Waals surface area contributed by atoms with Crippen LogP contribution < -0.4 is 10.2 Å². The topological polar surface area (TPSA) is 52.7 Å². The van der Waals surface area contributed by atoms with Crippen molar-refractivity contribution in [2.45, 2.75) is 33.1 Å². The lowest BCUT2D eigenvalue weighted by Crippen LogP contribution is -2.48. The van der Waals surface area contributed by atoms with Crippen molar-refractivity contribution in [2.24, 2.45) is 0 Å². The van der Waals surface area contributed by atoms with Gasteiger partial charge in [0.1, 0.15) is 0 Å². The van der Waals surface area contributed by atoms with E-state index < -0.39 is 0 Å². The van der Waals surface area contributed by atoms with Gasteiger partial charge in [-0.1, -0.05) is 37.6 Å². The Morgan fingerprint density at radius 1 is 1.00 bits per heavy atom. The molecule has 6 heteroatoms. The average Bonchev–Trinajstić information content (AvgIpc) is 2.74. The largest absolute Gasteiger partial charge is 0.367 e. The van der Waals surface area contributed by atoms with E-state index in [-0.39, 0.29) is 11.8 Å². The van der Waals surface area contributed by atoms with Gasteiger partial charge in [0.05, 0.1) is 10.7 Å². The number of nitrogens with one attached hydrogen (secondary N) is 1. The summed E-state index contributed by atoms with van der Waals surface area (Å²) in [5.74, 6) is 0.0720. The summed E-state index contributed by atoms with van der Waals surface area (Å²) in [5.41, 5.74) is 3.42. The molecule has 1 aliphatic rings. The van der Waals surface area contributed by atoms with Crippen LogP contribution in [0, 0.1) is 0 Å². The smallest absolute Gasteiger partial charge is 0.255 e. The summed E-state index contributed by atoms with van der Waals surface area (Å²) in [4.78, 5) is 28.6. The predicted octanol–water partition coefficient (Wildman–Crippen LogP) is 4.60. The number of rotatable bonds is 6. The van der Waals surface area contributed by atoms with Gasteiger partial charge in [0.15, 0.2) is 0 Å². The first-order chi connectivity index (χ1) is 14.0. The van der Waals surface area contributed by atoms with E-state index in [1.54, 1.807) is 6.07 Å². The van der Waals surface area contributed by atoms with Gasteiger partial charge in [-0.2, -0.15) is 0 Å². The van der Waals surface area contributed by atoms with E-state index in [0.717, 1.165) is 31.6 Å². The number of hydrogen-bond acceptors (Lipinski definition) is 3. The summed E-state index contributed by atoms with van der Waals surface area (Å²) in [5, 5.41) is 3.50. The average molecular weight is 414 g/mol. The van der Waals surface area contributed by atoms with Crippen LogP contribution in [0.4, 0.5) is 11.4 Å². The molecule has 1 heterocycles. The molecule has 1 fully saturated rings. The van der Waals surface area contributed by atoms with Gasteiger partial charge in [0.2, 0.25) is 5.91 Å². The monoisotopic (exact) mass is 413 g/mol. The fourth-order valence-electron chi connectivity index (χ4n) is 3.50. The first kappa shape index (κ1) is 21.2. The lowest BCUT2D eigenvalue weighted by molar-refractivity contribution is -0.131. The van der Waals surface area contributed by atoms with Crippen molar-refractivity contribution in [3.63, 3.8) is 0 Å². The van der Waals surface area contributed by atoms with E-state index in [0.29, 0.717) is 35.8 Å². The van der Waals surface area contributed by atoms with Crippen LogP contribution in [-0.2, 0) is 11.2 Å². The van der Waals surface area contributed by atoms with Crippen molar-refractivity contribution >= 4 is 34.8 Å². The third-order valence-corrected chi connectivity index (χ3v) is 5.57. The van der Waals surface area contributed by atoms with E-state index in [2.05, 4.69) is 17.1 Å². The molecule has 5 nitrogen and oxygen atoms in total. The molecule has 0 aromatic heterocycles. The number of halogens is 1. The summed E-state index contributed by atoms with van der Waals surface area (Å²) in [6, 6.07) is 13.2. The van der Waals surface area contributed by atoms with Gasteiger partial charge in [0.25, 0.3) is 5.91 Å². The number of anilines is 2. The number of piperazine rings is 1. The van der Waals surface area contributed by atoms with Gasteiger partial charge in [-0.25, -0.2) is 0 Å². The Morgan fingerprint density at radius 3 is 2.28 bits per heavy atom. The van der Waals surface area contributed by atoms with Crippen LogP contribution in [0.15, 0.2) is 42.5 Å². The molecule has 29 heavy (non-hydrogen) atoms. The molecule has 0 radical (unpaired) electrons. The zero-order valence-corrected chi connectivity index (χ0v) is 17.8. The fourth-order valence-corrected chi connectivity index (χ4v) is 3.80. The molecule has 2 aromatic carbocycles. The maximum Gasteiger partial charge on any atom is 0.255 e. The molecule has 3 rings (SSSR count). The van der Waals surface area contributed by atoms with Crippen molar-refractivity contribution in [1.29, 1.82) is 0 Å². The molecule has 0 spiro atoms. The Bertz CT molecular complexity index is 859. The fraction of sp³-hybridized carbons (Fsp3) is 0.391. The Balaban J connectivity index is 1.61. The molecule has 0 unspecified atom stereocenters. The van der Waals surface area contributed by atoms with Gasteiger partial charge in [0, 0.05) is 43.9 Å².